The van der Waals surface area contributed by atoms with Gasteiger partial charge in [0.25, 0.3) is 11.1 Å². The molecule has 5 rings (SSSR count). The van der Waals surface area contributed by atoms with Crippen molar-refractivity contribution in [3.8, 4) is 5.75 Å². The van der Waals surface area contributed by atoms with E-state index in [-0.39, 0.29) is 43.2 Å². The minimum Gasteiger partial charge on any atom is -0.404 e. The Balaban J connectivity index is 1.21. The van der Waals surface area contributed by atoms with Gasteiger partial charge in [-0.15, -0.1) is 0 Å². The molecule has 0 spiro atoms. The van der Waals surface area contributed by atoms with Gasteiger partial charge in [0.05, 0.1) is 19.8 Å². The normalized spacial score (nSPS) is 16.5. The first-order valence-electron chi connectivity index (χ1n) is 19.1. The van der Waals surface area contributed by atoms with Crippen molar-refractivity contribution in [3.63, 3.8) is 0 Å². The molecule has 0 amide bonds. The summed E-state index contributed by atoms with van der Waals surface area (Å²) in [4.78, 5) is 66.9. The minimum atomic E-state index is -4.27. The Hall–Kier alpha value is -4.83. The number of nitrogens with one attached hydrogen (secondary N) is 2. The SMILES string of the molecule is CCc1c(Cc2cc(C)cc(C)c2)n(COC/C=C/c2ccc(OP(=O)(OCCSC(=O)C(C)(C)C)OC[C@@H]3C=C[C@H](n4cc(C)c(=O)[nH]c4=O)O3)cc2)c(=O)[nH]c1=O. The largest absolute Gasteiger partial charge is 0.530 e. The number of nitrogens with zero attached hydrogens (tertiary/aromatic N) is 2. The molecule has 0 radical (unpaired) electrons. The number of ether oxygens (including phenoxy) is 2. The van der Waals surface area contributed by atoms with Crippen LogP contribution in [0.5, 0.6) is 5.75 Å². The molecular weight excluding hydrogens is 800 g/mol. The van der Waals surface area contributed by atoms with E-state index in [2.05, 4.69) is 16.0 Å². The Morgan fingerprint density at radius 1 is 0.949 bits per heavy atom. The molecule has 0 bridgehead atoms. The number of carbonyl (C=O) groups is 1. The van der Waals surface area contributed by atoms with E-state index in [1.165, 1.54) is 15.3 Å². The van der Waals surface area contributed by atoms with Crippen molar-refractivity contribution in [2.24, 2.45) is 5.41 Å². The number of aromatic nitrogens is 4. The fraction of sp³-hybridized carbons (Fsp3) is 0.405. The first-order chi connectivity index (χ1) is 27.9. The average Bonchev–Trinajstić information content (AvgIpc) is 3.64. The van der Waals surface area contributed by atoms with Crippen LogP contribution in [0.2, 0.25) is 0 Å². The van der Waals surface area contributed by atoms with E-state index >= 15 is 0 Å². The maximum absolute atomic E-state index is 13.9. The van der Waals surface area contributed by atoms with Gasteiger partial charge in [0.15, 0.2) is 11.3 Å². The number of phosphoric ester groups is 1. The highest BCUT2D eigenvalue weighted by Crippen LogP contribution is 2.50. The summed E-state index contributed by atoms with van der Waals surface area (Å²) in [6.45, 7) is 12.6. The lowest BCUT2D eigenvalue weighted by Crippen LogP contribution is -2.36. The summed E-state index contributed by atoms with van der Waals surface area (Å²) < 4.78 is 45.5. The first kappa shape index (κ1) is 45.3. The zero-order valence-corrected chi connectivity index (χ0v) is 36.0. The van der Waals surface area contributed by atoms with Gasteiger partial charge in [-0.25, -0.2) is 14.2 Å². The van der Waals surface area contributed by atoms with Crippen molar-refractivity contribution in [3.05, 3.63) is 148 Å². The molecule has 0 saturated carbocycles. The van der Waals surface area contributed by atoms with E-state index in [9.17, 15) is 28.5 Å². The number of aromatic amines is 2. The van der Waals surface area contributed by atoms with Crippen molar-refractivity contribution in [2.75, 3.05) is 25.6 Å². The molecule has 0 fully saturated rings. The lowest BCUT2D eigenvalue weighted by atomic mass is 10.00. The van der Waals surface area contributed by atoms with Crippen LogP contribution in [0.3, 0.4) is 0 Å². The molecule has 3 atom stereocenters. The lowest BCUT2D eigenvalue weighted by Gasteiger charge is -2.21. The Labute approximate surface area is 346 Å². The lowest BCUT2D eigenvalue weighted by molar-refractivity contribution is -0.117. The third-order valence-electron chi connectivity index (χ3n) is 9.06. The van der Waals surface area contributed by atoms with E-state index in [0.29, 0.717) is 29.7 Å². The highest BCUT2D eigenvalue weighted by Gasteiger charge is 2.32. The average molecular weight is 851 g/mol. The number of H-pyrrole nitrogens is 2. The highest BCUT2D eigenvalue weighted by molar-refractivity contribution is 8.13. The fourth-order valence-electron chi connectivity index (χ4n) is 6.16. The van der Waals surface area contributed by atoms with Crippen LogP contribution >= 0.6 is 19.6 Å². The Morgan fingerprint density at radius 2 is 1.64 bits per heavy atom. The smallest absolute Gasteiger partial charge is 0.404 e. The van der Waals surface area contributed by atoms with Gasteiger partial charge in [0, 0.05) is 40.6 Å². The summed E-state index contributed by atoms with van der Waals surface area (Å²) in [5.74, 6) is 0.399. The molecule has 3 heterocycles. The first-order valence-corrected chi connectivity index (χ1v) is 21.6. The standard InChI is InChI=1S/C42H51N4O11PS/c1-8-34-35(23-31-21-27(2)20-28(3)22-31)46(41(51)44-38(34)48)26-53-17-9-10-30-11-13-32(14-12-30)57-58(52,54-18-19-59-39(49)42(5,6)7)55-25-33-15-16-36(56-33)45-24-29(4)37(47)43-40(45)50/h9-16,20-22,24,33,36H,8,17-19,23,25-26H2,1-7H3,(H,43,47,50)(H,44,48,51)/b10-9+/t33-,36+,58?/m0/s1. The molecule has 1 aliphatic heterocycles. The third kappa shape index (κ3) is 12.6. The van der Waals surface area contributed by atoms with Gasteiger partial charge in [0.2, 0.25) is 0 Å². The molecule has 4 aromatic rings. The van der Waals surface area contributed by atoms with Crippen LogP contribution in [0, 0.1) is 26.2 Å². The van der Waals surface area contributed by atoms with E-state index in [1.54, 1.807) is 76.3 Å². The maximum Gasteiger partial charge on any atom is 0.530 e. The van der Waals surface area contributed by atoms with Gasteiger partial charge >= 0.3 is 19.2 Å². The van der Waals surface area contributed by atoms with E-state index in [0.717, 1.165) is 34.0 Å². The van der Waals surface area contributed by atoms with Gasteiger partial charge in [-0.05, 0) is 56.5 Å². The molecule has 59 heavy (non-hydrogen) atoms. The van der Waals surface area contributed by atoms with Crippen LogP contribution in [0.25, 0.3) is 6.08 Å². The summed E-state index contributed by atoms with van der Waals surface area (Å²) in [7, 11) is -4.27. The molecule has 1 unspecified atom stereocenters. The van der Waals surface area contributed by atoms with Crippen molar-refractivity contribution in [2.45, 2.75) is 80.4 Å². The quantitative estimate of drug-likeness (QED) is 0.0663. The molecule has 1 aliphatic rings. The van der Waals surface area contributed by atoms with Crippen molar-refractivity contribution < 1.29 is 32.4 Å². The number of hydrogen-bond donors (Lipinski definition) is 2. The molecule has 2 N–H and O–H groups in total. The fourth-order valence-corrected chi connectivity index (χ4v) is 8.27. The minimum absolute atomic E-state index is 0.0519. The Kier molecular flexibility index (Phi) is 15.3. The summed E-state index contributed by atoms with van der Waals surface area (Å²) in [5.41, 5.74) is 2.79. The topological polar surface area (TPSA) is 190 Å². The molecular formula is C42H51N4O11PS. The number of carbonyl (C=O) groups excluding carboxylic acids is 1. The van der Waals surface area contributed by atoms with Gasteiger partial charge in [0.1, 0.15) is 18.6 Å². The van der Waals surface area contributed by atoms with Crippen LogP contribution in [0.15, 0.2) is 86.1 Å². The van der Waals surface area contributed by atoms with Crippen molar-refractivity contribution >= 4 is 30.8 Å². The zero-order valence-electron chi connectivity index (χ0n) is 34.3. The second kappa shape index (κ2) is 19.9. The van der Waals surface area contributed by atoms with Crippen LogP contribution in [-0.4, -0.2) is 55.9 Å². The van der Waals surface area contributed by atoms with E-state index in [1.807, 2.05) is 32.9 Å². The third-order valence-corrected chi connectivity index (χ3v) is 11.7. The molecule has 0 saturated heterocycles. The number of benzene rings is 2. The van der Waals surface area contributed by atoms with Gasteiger partial charge in [-0.3, -0.25) is 42.5 Å². The van der Waals surface area contributed by atoms with Crippen LogP contribution in [0.1, 0.15) is 73.0 Å². The molecule has 2 aromatic heterocycles. The predicted molar refractivity (Wildman–Crippen MR) is 227 cm³/mol. The van der Waals surface area contributed by atoms with E-state index < -0.39 is 48.1 Å². The van der Waals surface area contributed by atoms with Gasteiger partial charge < -0.3 is 14.0 Å². The van der Waals surface area contributed by atoms with E-state index in [4.69, 9.17) is 23.0 Å². The van der Waals surface area contributed by atoms with Crippen LogP contribution in [-0.2, 0) is 47.5 Å². The molecule has 17 heteroatoms. The molecule has 316 valence electrons. The Morgan fingerprint density at radius 3 is 2.32 bits per heavy atom. The highest BCUT2D eigenvalue weighted by atomic mass is 32.2. The second-order valence-electron chi connectivity index (χ2n) is 15.1. The zero-order chi connectivity index (χ0) is 42.9. The summed E-state index contributed by atoms with van der Waals surface area (Å²) in [6.07, 6.45) is 7.52. The second-order valence-corrected chi connectivity index (χ2v) is 17.8. The molecule has 2 aromatic carbocycles. The number of hydrogen-bond acceptors (Lipinski definition) is 12. The number of aryl methyl sites for hydroxylation is 3. The molecule has 0 aliphatic carbocycles. The summed E-state index contributed by atoms with van der Waals surface area (Å²) in [6, 6.07) is 12.8. The molecule has 15 nitrogen and oxygen atoms in total. The van der Waals surface area contributed by atoms with Crippen molar-refractivity contribution in [1.29, 1.82) is 0 Å². The van der Waals surface area contributed by atoms with Crippen molar-refractivity contribution in [1.82, 2.24) is 19.1 Å². The van der Waals surface area contributed by atoms with Gasteiger partial charge in [-0.1, -0.05) is 99.1 Å². The van der Waals surface area contributed by atoms with Gasteiger partial charge in [-0.2, -0.15) is 0 Å². The predicted octanol–water partition coefficient (Wildman–Crippen LogP) is 6.13. The number of thioether (sulfide) groups is 1. The maximum atomic E-state index is 13.9. The summed E-state index contributed by atoms with van der Waals surface area (Å²) in [5, 5.41) is -0.0519. The number of phosphoric acid groups is 1. The van der Waals surface area contributed by atoms with Crippen LogP contribution in [0.4, 0.5) is 0 Å². The summed E-state index contributed by atoms with van der Waals surface area (Å²) >= 11 is 1.05. The monoisotopic (exact) mass is 850 g/mol. The van der Waals surface area contributed by atoms with Crippen LogP contribution < -0.4 is 27.0 Å². The Bertz CT molecular complexity index is 2460. The number of rotatable bonds is 18.